The first-order chi connectivity index (χ1) is 7.79. The van der Waals surface area contributed by atoms with Crippen LogP contribution in [0.2, 0.25) is 5.02 Å². The van der Waals surface area contributed by atoms with E-state index in [1.54, 1.807) is 12.5 Å². The molecule has 0 saturated heterocycles. The highest BCUT2D eigenvalue weighted by Crippen LogP contribution is 2.30. The zero-order chi connectivity index (χ0) is 11.4. The Morgan fingerprint density at radius 1 is 1.50 bits per heavy atom. The highest BCUT2D eigenvalue weighted by molar-refractivity contribution is 7.99. The summed E-state index contributed by atoms with van der Waals surface area (Å²) in [5, 5.41) is 4.48. The topological polar surface area (TPSA) is 38.1 Å². The number of rotatable bonds is 4. The molecule has 0 radical (unpaired) electrons. The number of nitrogens with zero attached hydrogens (tertiary/aromatic N) is 1. The van der Waals surface area contributed by atoms with E-state index in [-0.39, 0.29) is 0 Å². The maximum absolute atomic E-state index is 5.96. The largest absolute Gasteiger partial charge is 0.440 e. The molecule has 1 N–H and O–H groups in total. The van der Waals surface area contributed by atoms with Gasteiger partial charge in [0, 0.05) is 16.5 Å². The maximum atomic E-state index is 5.96. The predicted octanol–water partition coefficient (Wildman–Crippen LogP) is 3.20. The Morgan fingerprint density at radius 2 is 2.38 bits per heavy atom. The highest BCUT2D eigenvalue weighted by atomic mass is 35.5. The van der Waals surface area contributed by atoms with Crippen LogP contribution in [0.3, 0.4) is 0 Å². The monoisotopic (exact) mass is 254 g/mol. The summed E-state index contributed by atoms with van der Waals surface area (Å²) in [7, 11) is 1.90. The first-order valence-corrected chi connectivity index (χ1v) is 5.99. The molecule has 16 heavy (non-hydrogen) atoms. The second-order valence-electron chi connectivity index (χ2n) is 3.18. The average molecular weight is 255 g/mol. The van der Waals surface area contributed by atoms with Crippen molar-refractivity contribution in [1.29, 1.82) is 0 Å². The molecule has 5 heteroatoms. The van der Waals surface area contributed by atoms with Crippen molar-refractivity contribution in [3.63, 3.8) is 0 Å². The van der Waals surface area contributed by atoms with Crippen molar-refractivity contribution in [1.82, 2.24) is 10.3 Å². The molecular formula is C11H11ClN2OS. The lowest BCUT2D eigenvalue weighted by atomic mass is 10.2. The molecule has 0 saturated carbocycles. The Balaban J connectivity index is 2.25. The summed E-state index contributed by atoms with van der Waals surface area (Å²) >= 11 is 7.45. The number of hydrogen-bond acceptors (Lipinski definition) is 4. The third-order valence-corrected chi connectivity index (χ3v) is 3.23. The third-order valence-electron chi connectivity index (χ3n) is 2.00. The Kier molecular flexibility index (Phi) is 3.88. The van der Waals surface area contributed by atoms with E-state index in [4.69, 9.17) is 16.0 Å². The van der Waals surface area contributed by atoms with Crippen LogP contribution in [0, 0.1) is 0 Å². The van der Waals surface area contributed by atoms with Gasteiger partial charge >= 0.3 is 0 Å². The molecule has 0 atom stereocenters. The van der Waals surface area contributed by atoms with Crippen molar-refractivity contribution in [2.75, 3.05) is 7.05 Å². The fourth-order valence-corrected chi connectivity index (χ4v) is 2.33. The second kappa shape index (κ2) is 5.39. The van der Waals surface area contributed by atoms with E-state index in [9.17, 15) is 0 Å². The van der Waals surface area contributed by atoms with Gasteiger partial charge in [-0.2, -0.15) is 0 Å². The fourth-order valence-electron chi connectivity index (χ4n) is 1.33. The van der Waals surface area contributed by atoms with Gasteiger partial charge in [-0.3, -0.25) is 0 Å². The smallest absolute Gasteiger partial charge is 0.260 e. The second-order valence-corrected chi connectivity index (χ2v) is 4.61. The van der Waals surface area contributed by atoms with Crippen molar-refractivity contribution in [3.05, 3.63) is 41.2 Å². The summed E-state index contributed by atoms with van der Waals surface area (Å²) in [5.41, 5.74) is 1.14. The molecule has 84 valence electrons. The number of hydrogen-bond donors (Lipinski definition) is 1. The van der Waals surface area contributed by atoms with Gasteiger partial charge in [-0.1, -0.05) is 11.6 Å². The molecule has 0 aliphatic carbocycles. The minimum Gasteiger partial charge on any atom is -0.440 e. The van der Waals surface area contributed by atoms with E-state index < -0.39 is 0 Å². The molecule has 0 aliphatic rings. The van der Waals surface area contributed by atoms with E-state index in [1.807, 2.05) is 25.2 Å². The summed E-state index contributed by atoms with van der Waals surface area (Å²) in [6.45, 7) is 0.767. The quantitative estimate of drug-likeness (QED) is 0.909. The van der Waals surface area contributed by atoms with Crippen molar-refractivity contribution in [2.45, 2.75) is 16.7 Å². The number of aromatic nitrogens is 1. The van der Waals surface area contributed by atoms with Crippen LogP contribution in [-0.2, 0) is 6.54 Å². The lowest BCUT2D eigenvalue weighted by Crippen LogP contribution is -2.06. The van der Waals surface area contributed by atoms with E-state index in [0.717, 1.165) is 22.0 Å². The van der Waals surface area contributed by atoms with Crippen LogP contribution in [0.5, 0.6) is 0 Å². The Bertz CT molecular complexity index is 459. The number of nitrogens with one attached hydrogen (secondary N) is 1. The SMILES string of the molecule is CNCc1cc(Cl)ccc1Sc1ncco1. The molecule has 1 aromatic carbocycles. The molecule has 0 spiro atoms. The van der Waals surface area contributed by atoms with Gasteiger partial charge < -0.3 is 9.73 Å². The Morgan fingerprint density at radius 3 is 3.06 bits per heavy atom. The van der Waals surface area contributed by atoms with E-state index in [0.29, 0.717) is 5.22 Å². The minimum absolute atomic E-state index is 0.639. The molecule has 2 aromatic rings. The zero-order valence-corrected chi connectivity index (χ0v) is 10.3. The summed E-state index contributed by atoms with van der Waals surface area (Å²) < 4.78 is 5.20. The van der Waals surface area contributed by atoms with Gasteiger partial charge in [0.1, 0.15) is 6.26 Å². The molecule has 1 aromatic heterocycles. The van der Waals surface area contributed by atoms with E-state index >= 15 is 0 Å². The average Bonchev–Trinajstić information content (AvgIpc) is 2.75. The zero-order valence-electron chi connectivity index (χ0n) is 8.74. The lowest BCUT2D eigenvalue weighted by molar-refractivity contribution is 0.454. The van der Waals surface area contributed by atoms with Gasteiger partial charge in [-0.25, -0.2) is 4.98 Å². The van der Waals surface area contributed by atoms with E-state index in [1.165, 1.54) is 11.8 Å². The predicted molar refractivity (Wildman–Crippen MR) is 64.8 cm³/mol. The molecule has 0 aliphatic heterocycles. The number of halogens is 1. The molecule has 3 nitrogen and oxygen atoms in total. The summed E-state index contributed by atoms with van der Waals surface area (Å²) in [4.78, 5) is 5.18. The normalized spacial score (nSPS) is 10.6. The van der Waals surface area contributed by atoms with Gasteiger partial charge in [-0.15, -0.1) is 0 Å². The van der Waals surface area contributed by atoms with Crippen molar-refractivity contribution < 1.29 is 4.42 Å². The van der Waals surface area contributed by atoms with Crippen LogP contribution in [0.1, 0.15) is 5.56 Å². The van der Waals surface area contributed by atoms with Crippen LogP contribution < -0.4 is 5.32 Å². The van der Waals surface area contributed by atoms with Crippen molar-refractivity contribution in [2.24, 2.45) is 0 Å². The minimum atomic E-state index is 0.639. The molecule has 0 amide bonds. The van der Waals surface area contributed by atoms with Crippen LogP contribution >= 0.6 is 23.4 Å². The van der Waals surface area contributed by atoms with E-state index in [2.05, 4.69) is 10.3 Å². The van der Waals surface area contributed by atoms with Gasteiger partial charge in [-0.05, 0) is 42.6 Å². The van der Waals surface area contributed by atoms with Crippen molar-refractivity contribution >= 4 is 23.4 Å². The molecular weight excluding hydrogens is 244 g/mol. The van der Waals surface area contributed by atoms with Gasteiger partial charge in [0.05, 0.1) is 6.20 Å². The fraction of sp³-hybridized carbons (Fsp3) is 0.182. The van der Waals surface area contributed by atoms with Gasteiger partial charge in [0.2, 0.25) is 0 Å². The molecule has 0 unspecified atom stereocenters. The Hall–Kier alpha value is -0.970. The standard InChI is InChI=1S/C11H11ClN2OS/c1-13-7-8-6-9(12)2-3-10(8)16-11-14-4-5-15-11/h2-6,13H,7H2,1H3. The van der Waals surface area contributed by atoms with Crippen molar-refractivity contribution in [3.8, 4) is 0 Å². The van der Waals surface area contributed by atoms with Crippen LogP contribution in [0.15, 0.2) is 45.2 Å². The number of benzene rings is 1. The molecule has 1 heterocycles. The lowest BCUT2D eigenvalue weighted by Gasteiger charge is -2.07. The number of oxazole rings is 1. The summed E-state index contributed by atoms with van der Waals surface area (Å²) in [6.07, 6.45) is 3.20. The summed E-state index contributed by atoms with van der Waals surface area (Å²) in [5.74, 6) is 0. The van der Waals surface area contributed by atoms with Crippen LogP contribution in [0.25, 0.3) is 0 Å². The Labute approximate surface area is 103 Å². The van der Waals surface area contributed by atoms with Gasteiger partial charge in [0.25, 0.3) is 5.22 Å². The summed E-state index contributed by atoms with van der Waals surface area (Å²) in [6, 6.07) is 5.79. The van der Waals surface area contributed by atoms with Crippen LogP contribution in [-0.4, -0.2) is 12.0 Å². The van der Waals surface area contributed by atoms with Gasteiger partial charge in [0.15, 0.2) is 0 Å². The highest BCUT2D eigenvalue weighted by Gasteiger charge is 2.07. The first kappa shape index (κ1) is 11.5. The maximum Gasteiger partial charge on any atom is 0.260 e. The van der Waals surface area contributed by atoms with Crippen LogP contribution in [0.4, 0.5) is 0 Å². The molecule has 2 rings (SSSR count). The third kappa shape index (κ3) is 2.78. The first-order valence-electron chi connectivity index (χ1n) is 4.80. The molecule has 0 bridgehead atoms. The molecule has 0 fully saturated rings.